The molecular formula is C23H20FN3O3. The third-order valence-corrected chi connectivity index (χ3v) is 4.78. The van der Waals surface area contributed by atoms with Crippen LogP contribution in [0.25, 0.3) is 0 Å². The van der Waals surface area contributed by atoms with Gasteiger partial charge in [0.1, 0.15) is 18.5 Å². The number of halogens is 1. The smallest absolute Gasteiger partial charge is 0.408 e. The molecular weight excluding hydrogens is 385 g/mol. The molecule has 0 bridgehead atoms. The predicted molar refractivity (Wildman–Crippen MR) is 112 cm³/mol. The largest absolute Gasteiger partial charge is 0.445 e. The maximum absolute atomic E-state index is 14.5. The van der Waals surface area contributed by atoms with E-state index in [2.05, 4.69) is 10.6 Å². The second-order valence-corrected chi connectivity index (χ2v) is 6.83. The van der Waals surface area contributed by atoms with Gasteiger partial charge in [-0.1, -0.05) is 54.6 Å². The lowest BCUT2D eigenvalue weighted by Crippen LogP contribution is -2.48. The summed E-state index contributed by atoms with van der Waals surface area (Å²) in [4.78, 5) is 26.7. The lowest BCUT2D eigenvalue weighted by Gasteiger charge is -2.27. The average molecular weight is 405 g/mol. The molecule has 0 spiro atoms. The molecule has 7 heteroatoms. The normalized spacial score (nSPS) is 15.6. The van der Waals surface area contributed by atoms with Gasteiger partial charge in [-0.25, -0.2) is 9.18 Å². The number of anilines is 3. The van der Waals surface area contributed by atoms with Gasteiger partial charge < -0.3 is 20.3 Å². The van der Waals surface area contributed by atoms with Crippen LogP contribution < -0.4 is 15.5 Å². The number of amides is 2. The molecule has 3 aromatic carbocycles. The first-order chi connectivity index (χ1) is 14.6. The molecule has 1 unspecified atom stereocenters. The minimum absolute atomic E-state index is 0.0459. The van der Waals surface area contributed by atoms with E-state index in [1.807, 2.05) is 30.3 Å². The standard InChI is InChI=1S/C23H20FN3O3/c24-17-10-4-6-12-20(17)27-14-19(22(28)25-18-11-5-7-13-21(18)27)26-23(29)30-15-16-8-2-1-3-9-16/h1-13,19H,14-15H2,(H,25,28)(H,26,29). The number of ether oxygens (including phenoxy) is 1. The Morgan fingerprint density at radius 1 is 1.00 bits per heavy atom. The molecule has 0 fully saturated rings. The van der Waals surface area contributed by atoms with Crippen molar-refractivity contribution in [1.29, 1.82) is 0 Å². The molecule has 1 atom stereocenters. The van der Waals surface area contributed by atoms with Gasteiger partial charge >= 0.3 is 6.09 Å². The molecule has 1 aliphatic rings. The molecule has 2 N–H and O–H groups in total. The molecule has 4 rings (SSSR count). The van der Waals surface area contributed by atoms with Gasteiger partial charge in [0, 0.05) is 0 Å². The van der Waals surface area contributed by atoms with Crippen molar-refractivity contribution >= 4 is 29.1 Å². The number of alkyl carbamates (subject to hydrolysis) is 1. The van der Waals surface area contributed by atoms with Crippen LogP contribution in [0.1, 0.15) is 5.56 Å². The third kappa shape index (κ3) is 4.25. The monoisotopic (exact) mass is 405 g/mol. The summed E-state index contributed by atoms with van der Waals surface area (Å²) < 4.78 is 19.8. The fourth-order valence-electron chi connectivity index (χ4n) is 3.32. The number of benzene rings is 3. The number of carbonyl (C=O) groups excluding carboxylic acids is 2. The summed E-state index contributed by atoms with van der Waals surface area (Å²) in [5, 5.41) is 5.39. The highest BCUT2D eigenvalue weighted by Crippen LogP contribution is 2.35. The molecule has 1 aliphatic heterocycles. The van der Waals surface area contributed by atoms with Crippen LogP contribution in [0, 0.1) is 5.82 Å². The molecule has 1 heterocycles. The van der Waals surface area contributed by atoms with E-state index in [-0.39, 0.29) is 13.2 Å². The zero-order valence-electron chi connectivity index (χ0n) is 16.0. The van der Waals surface area contributed by atoms with E-state index in [0.717, 1.165) is 5.56 Å². The van der Waals surface area contributed by atoms with Crippen LogP contribution in [-0.2, 0) is 16.1 Å². The molecule has 30 heavy (non-hydrogen) atoms. The number of rotatable bonds is 4. The van der Waals surface area contributed by atoms with Crippen molar-refractivity contribution in [3.63, 3.8) is 0 Å². The summed E-state index contributed by atoms with van der Waals surface area (Å²) in [6.45, 7) is 0.127. The van der Waals surface area contributed by atoms with E-state index in [0.29, 0.717) is 17.1 Å². The number of para-hydroxylation sites is 3. The Balaban J connectivity index is 1.55. The van der Waals surface area contributed by atoms with E-state index in [1.165, 1.54) is 6.07 Å². The zero-order chi connectivity index (χ0) is 20.9. The Bertz CT molecular complexity index is 1060. The molecule has 0 saturated heterocycles. The molecule has 3 aromatic rings. The van der Waals surface area contributed by atoms with Gasteiger partial charge in [0.25, 0.3) is 0 Å². The Labute approximate surface area is 173 Å². The first-order valence-electron chi connectivity index (χ1n) is 9.51. The number of carbonyl (C=O) groups is 2. The summed E-state index contributed by atoms with van der Waals surface area (Å²) in [5.74, 6) is -0.829. The van der Waals surface area contributed by atoms with Crippen molar-refractivity contribution in [3.05, 3.63) is 90.2 Å². The van der Waals surface area contributed by atoms with Gasteiger partial charge in [-0.3, -0.25) is 4.79 Å². The summed E-state index contributed by atoms with van der Waals surface area (Å²) >= 11 is 0. The number of hydrogen-bond acceptors (Lipinski definition) is 4. The molecule has 6 nitrogen and oxygen atoms in total. The summed E-state index contributed by atoms with van der Waals surface area (Å²) in [7, 11) is 0. The maximum atomic E-state index is 14.5. The van der Waals surface area contributed by atoms with Crippen molar-refractivity contribution in [2.45, 2.75) is 12.6 Å². The van der Waals surface area contributed by atoms with E-state index >= 15 is 0 Å². The van der Waals surface area contributed by atoms with Crippen LogP contribution in [0.3, 0.4) is 0 Å². The molecule has 0 radical (unpaired) electrons. The minimum atomic E-state index is -0.944. The number of nitrogens with one attached hydrogen (secondary N) is 2. The van der Waals surface area contributed by atoms with Gasteiger partial charge in [-0.2, -0.15) is 0 Å². The van der Waals surface area contributed by atoms with Crippen molar-refractivity contribution in [1.82, 2.24) is 5.32 Å². The van der Waals surface area contributed by atoms with Crippen molar-refractivity contribution in [2.24, 2.45) is 0 Å². The highest BCUT2D eigenvalue weighted by molar-refractivity contribution is 6.02. The fraction of sp³-hybridized carbons (Fsp3) is 0.130. The lowest BCUT2D eigenvalue weighted by atomic mass is 10.2. The first kappa shape index (κ1) is 19.4. The quantitative estimate of drug-likeness (QED) is 0.682. The third-order valence-electron chi connectivity index (χ3n) is 4.78. The van der Waals surface area contributed by atoms with Crippen LogP contribution in [0.5, 0.6) is 0 Å². The molecule has 0 aromatic heterocycles. The fourth-order valence-corrected chi connectivity index (χ4v) is 3.32. The van der Waals surface area contributed by atoms with E-state index < -0.39 is 23.9 Å². The molecule has 0 saturated carbocycles. The van der Waals surface area contributed by atoms with Gasteiger partial charge in [-0.05, 0) is 29.8 Å². The van der Waals surface area contributed by atoms with Crippen molar-refractivity contribution in [2.75, 3.05) is 16.8 Å². The van der Waals surface area contributed by atoms with Crippen LogP contribution >= 0.6 is 0 Å². The Kier molecular flexibility index (Phi) is 5.61. The van der Waals surface area contributed by atoms with E-state index in [9.17, 15) is 14.0 Å². The second kappa shape index (κ2) is 8.65. The van der Waals surface area contributed by atoms with E-state index in [1.54, 1.807) is 47.4 Å². The summed E-state index contributed by atoms with van der Waals surface area (Å²) in [6.07, 6.45) is -0.724. The number of hydrogen-bond donors (Lipinski definition) is 2. The number of nitrogens with zero attached hydrogens (tertiary/aromatic N) is 1. The van der Waals surface area contributed by atoms with Crippen molar-refractivity contribution in [3.8, 4) is 0 Å². The van der Waals surface area contributed by atoms with Gasteiger partial charge in [-0.15, -0.1) is 0 Å². The van der Waals surface area contributed by atoms with Crippen LogP contribution in [0.15, 0.2) is 78.9 Å². The highest BCUT2D eigenvalue weighted by atomic mass is 19.1. The molecule has 0 aliphatic carbocycles. The van der Waals surface area contributed by atoms with Gasteiger partial charge in [0.05, 0.1) is 23.6 Å². The Hall–Kier alpha value is -3.87. The Morgan fingerprint density at radius 2 is 1.67 bits per heavy atom. The number of fused-ring (bicyclic) bond motifs is 1. The summed E-state index contributed by atoms with van der Waals surface area (Å²) in [5.41, 5.74) is 2.31. The Morgan fingerprint density at radius 3 is 2.43 bits per heavy atom. The second-order valence-electron chi connectivity index (χ2n) is 6.83. The zero-order valence-corrected chi connectivity index (χ0v) is 16.0. The van der Waals surface area contributed by atoms with Gasteiger partial charge in [0.15, 0.2) is 0 Å². The minimum Gasteiger partial charge on any atom is -0.445 e. The molecule has 152 valence electrons. The SMILES string of the molecule is O=C(NC1CN(c2ccccc2F)c2ccccc2NC1=O)OCc1ccccc1. The van der Waals surface area contributed by atoms with Crippen LogP contribution in [0.2, 0.25) is 0 Å². The summed E-state index contributed by atoms with van der Waals surface area (Å²) in [6, 6.07) is 21.7. The average Bonchev–Trinajstić information content (AvgIpc) is 2.90. The molecule has 2 amide bonds. The maximum Gasteiger partial charge on any atom is 0.408 e. The van der Waals surface area contributed by atoms with Crippen LogP contribution in [0.4, 0.5) is 26.2 Å². The van der Waals surface area contributed by atoms with Gasteiger partial charge in [0.2, 0.25) is 5.91 Å². The van der Waals surface area contributed by atoms with Crippen molar-refractivity contribution < 1.29 is 18.7 Å². The van der Waals surface area contributed by atoms with Crippen LogP contribution in [-0.4, -0.2) is 24.6 Å². The van der Waals surface area contributed by atoms with E-state index in [4.69, 9.17) is 4.74 Å². The highest BCUT2D eigenvalue weighted by Gasteiger charge is 2.31. The topological polar surface area (TPSA) is 70.7 Å². The first-order valence-corrected chi connectivity index (χ1v) is 9.51. The lowest BCUT2D eigenvalue weighted by molar-refractivity contribution is -0.117. The predicted octanol–water partition coefficient (Wildman–Crippen LogP) is 4.21.